The molecule has 2 aromatic carbocycles. The molecule has 0 aliphatic heterocycles. The highest BCUT2D eigenvalue weighted by Crippen LogP contribution is 2.27. The summed E-state index contributed by atoms with van der Waals surface area (Å²) in [6.45, 7) is 0. The van der Waals surface area contributed by atoms with Crippen LogP contribution in [-0.2, 0) is 0 Å². The number of aromatic carboxylic acids is 1. The lowest BCUT2D eigenvalue weighted by Crippen LogP contribution is -1.98. The molecule has 0 saturated carbocycles. The van der Waals surface area contributed by atoms with Crippen LogP contribution in [0.1, 0.15) is 10.4 Å². The van der Waals surface area contributed by atoms with Crippen LogP contribution >= 0.6 is 22.6 Å². The summed E-state index contributed by atoms with van der Waals surface area (Å²) in [6, 6.07) is 12.2. The van der Waals surface area contributed by atoms with Crippen LogP contribution in [0.4, 0.5) is 0 Å². The molecule has 1 N–H and O–H groups in total. The third-order valence-corrected chi connectivity index (χ3v) is 3.71. The van der Waals surface area contributed by atoms with Gasteiger partial charge in [-0.15, -0.1) is 0 Å². The van der Waals surface area contributed by atoms with Crippen LogP contribution in [0.3, 0.4) is 0 Å². The number of aromatic nitrogens is 2. The lowest BCUT2D eigenvalue weighted by Gasteiger charge is -2.08. The Bertz CT molecular complexity index is 836. The molecule has 1 aromatic heterocycles. The van der Waals surface area contributed by atoms with Crippen LogP contribution < -0.4 is 4.74 Å². The summed E-state index contributed by atoms with van der Waals surface area (Å²) in [5, 5.41) is 9.02. The van der Waals surface area contributed by atoms with Crippen molar-refractivity contribution >= 4 is 39.6 Å². The summed E-state index contributed by atoms with van der Waals surface area (Å²) in [5.74, 6) is -0.227. The molecule has 5 nitrogen and oxygen atoms in total. The van der Waals surface area contributed by atoms with Gasteiger partial charge in [-0.3, -0.25) is 0 Å². The molecular formula is C15H9IN2O3. The van der Waals surface area contributed by atoms with Crippen LogP contribution in [-0.4, -0.2) is 21.0 Å². The van der Waals surface area contributed by atoms with Crippen LogP contribution in [0.2, 0.25) is 0 Å². The van der Waals surface area contributed by atoms with Crippen molar-refractivity contribution in [2.45, 2.75) is 0 Å². The lowest BCUT2D eigenvalue weighted by atomic mass is 10.2. The van der Waals surface area contributed by atoms with Gasteiger partial charge in [0.15, 0.2) is 0 Å². The highest BCUT2D eigenvalue weighted by atomic mass is 127. The average molecular weight is 392 g/mol. The summed E-state index contributed by atoms with van der Waals surface area (Å²) in [5.41, 5.74) is 1.66. The van der Waals surface area contributed by atoms with E-state index in [-0.39, 0.29) is 5.56 Å². The number of hydrogen-bond donors (Lipinski definition) is 1. The van der Waals surface area contributed by atoms with Crippen molar-refractivity contribution in [2.24, 2.45) is 0 Å². The number of carbonyl (C=O) groups is 1. The molecule has 0 unspecified atom stereocenters. The third kappa shape index (κ3) is 2.94. The van der Waals surface area contributed by atoms with Gasteiger partial charge in [-0.05, 0) is 52.9 Å². The van der Waals surface area contributed by atoms with E-state index in [1.54, 1.807) is 6.07 Å². The minimum atomic E-state index is -0.999. The zero-order valence-corrected chi connectivity index (χ0v) is 12.8. The molecule has 0 bridgehead atoms. The van der Waals surface area contributed by atoms with E-state index in [4.69, 9.17) is 9.84 Å². The monoisotopic (exact) mass is 392 g/mol. The summed E-state index contributed by atoms with van der Waals surface area (Å²) in [6.07, 6.45) is 1.52. The highest BCUT2D eigenvalue weighted by molar-refractivity contribution is 14.1. The number of nitrogens with zero attached hydrogens (tertiary/aromatic N) is 2. The Kier molecular flexibility index (Phi) is 3.70. The second-order valence-electron chi connectivity index (χ2n) is 4.25. The molecule has 0 atom stereocenters. The van der Waals surface area contributed by atoms with Crippen molar-refractivity contribution in [1.29, 1.82) is 0 Å². The van der Waals surface area contributed by atoms with Gasteiger partial charge in [-0.1, -0.05) is 12.1 Å². The van der Waals surface area contributed by atoms with E-state index < -0.39 is 5.97 Å². The first kappa shape index (κ1) is 13.7. The Balaban J connectivity index is 1.98. The van der Waals surface area contributed by atoms with Crippen molar-refractivity contribution < 1.29 is 14.6 Å². The summed E-state index contributed by atoms with van der Waals surface area (Å²) in [7, 11) is 0. The number of carboxylic acids is 1. The maximum atomic E-state index is 11.0. The predicted octanol–water partition coefficient (Wildman–Crippen LogP) is 3.72. The Hall–Kier alpha value is -2.22. The van der Waals surface area contributed by atoms with E-state index >= 15 is 0 Å². The molecule has 3 aromatic rings. The molecule has 104 valence electrons. The molecule has 6 heteroatoms. The molecule has 3 rings (SSSR count). The first-order valence-electron chi connectivity index (χ1n) is 6.06. The number of carboxylic acid groups (broad SMARTS) is 1. The van der Waals surface area contributed by atoms with Crippen LogP contribution in [0.15, 0.2) is 48.7 Å². The fourth-order valence-corrected chi connectivity index (χ4v) is 2.26. The van der Waals surface area contributed by atoms with E-state index in [9.17, 15) is 4.79 Å². The summed E-state index contributed by atoms with van der Waals surface area (Å²) >= 11 is 2.08. The minimum absolute atomic E-state index is 0.166. The Morgan fingerprint density at radius 3 is 2.67 bits per heavy atom. The van der Waals surface area contributed by atoms with E-state index in [0.29, 0.717) is 11.6 Å². The molecule has 0 aliphatic carbocycles. The minimum Gasteiger partial charge on any atom is -0.478 e. The van der Waals surface area contributed by atoms with Gasteiger partial charge in [-0.25, -0.2) is 14.8 Å². The molecular weight excluding hydrogens is 383 g/mol. The first-order valence-corrected chi connectivity index (χ1v) is 7.14. The normalized spacial score (nSPS) is 10.5. The van der Waals surface area contributed by atoms with Crippen LogP contribution in [0.5, 0.6) is 11.6 Å². The van der Waals surface area contributed by atoms with Crippen LogP contribution in [0, 0.1) is 3.57 Å². The van der Waals surface area contributed by atoms with Crippen molar-refractivity contribution in [1.82, 2.24) is 9.97 Å². The van der Waals surface area contributed by atoms with Gasteiger partial charge in [0, 0.05) is 0 Å². The quantitative estimate of drug-likeness (QED) is 0.688. The van der Waals surface area contributed by atoms with Crippen LogP contribution in [0.25, 0.3) is 11.0 Å². The fraction of sp³-hybridized carbons (Fsp3) is 0. The second-order valence-corrected chi connectivity index (χ2v) is 5.41. The number of halogens is 1. The molecule has 21 heavy (non-hydrogen) atoms. The predicted molar refractivity (Wildman–Crippen MR) is 85.7 cm³/mol. The molecule has 1 heterocycles. The standard InChI is InChI=1S/C15H9IN2O3/c16-10-6-5-9(15(19)20)7-13(10)21-14-8-17-11-3-1-2-4-12(11)18-14/h1-8H,(H,19,20). The molecule has 0 saturated heterocycles. The SMILES string of the molecule is O=C(O)c1ccc(I)c(Oc2cnc3ccccc3n2)c1. The van der Waals surface area contributed by atoms with Gasteiger partial charge >= 0.3 is 5.97 Å². The van der Waals surface area contributed by atoms with E-state index in [0.717, 1.165) is 14.6 Å². The van der Waals surface area contributed by atoms with Crippen molar-refractivity contribution in [3.05, 3.63) is 57.8 Å². The van der Waals surface area contributed by atoms with Gasteiger partial charge in [0.1, 0.15) is 5.75 Å². The second kappa shape index (κ2) is 5.65. The zero-order valence-electron chi connectivity index (χ0n) is 10.7. The molecule has 0 spiro atoms. The number of para-hydroxylation sites is 2. The number of benzene rings is 2. The molecule has 0 aliphatic rings. The van der Waals surface area contributed by atoms with Gasteiger partial charge < -0.3 is 9.84 Å². The zero-order chi connectivity index (χ0) is 14.8. The molecule has 0 amide bonds. The summed E-state index contributed by atoms with van der Waals surface area (Å²) in [4.78, 5) is 19.6. The maximum absolute atomic E-state index is 11.0. The number of fused-ring (bicyclic) bond motifs is 1. The van der Waals surface area contributed by atoms with Crippen molar-refractivity contribution in [3.63, 3.8) is 0 Å². The molecule has 0 fully saturated rings. The number of hydrogen-bond acceptors (Lipinski definition) is 4. The smallest absolute Gasteiger partial charge is 0.335 e. The summed E-state index contributed by atoms with van der Waals surface area (Å²) < 4.78 is 6.46. The van der Waals surface area contributed by atoms with Crippen molar-refractivity contribution in [2.75, 3.05) is 0 Å². The third-order valence-electron chi connectivity index (χ3n) is 2.82. The Morgan fingerprint density at radius 1 is 1.14 bits per heavy atom. The van der Waals surface area contributed by atoms with Gasteiger partial charge in [0.25, 0.3) is 0 Å². The largest absolute Gasteiger partial charge is 0.478 e. The maximum Gasteiger partial charge on any atom is 0.335 e. The van der Waals surface area contributed by atoms with Gasteiger partial charge in [0.05, 0.1) is 26.4 Å². The Labute approximate surface area is 133 Å². The Morgan fingerprint density at radius 2 is 1.90 bits per heavy atom. The average Bonchev–Trinajstić information content (AvgIpc) is 2.49. The van der Waals surface area contributed by atoms with Gasteiger partial charge in [-0.2, -0.15) is 0 Å². The van der Waals surface area contributed by atoms with Crippen molar-refractivity contribution in [3.8, 4) is 11.6 Å². The number of rotatable bonds is 3. The van der Waals surface area contributed by atoms with E-state index in [1.165, 1.54) is 18.3 Å². The van der Waals surface area contributed by atoms with E-state index in [1.807, 2.05) is 24.3 Å². The first-order chi connectivity index (χ1) is 10.1. The lowest BCUT2D eigenvalue weighted by molar-refractivity contribution is 0.0696. The number of ether oxygens (including phenoxy) is 1. The molecule has 0 radical (unpaired) electrons. The van der Waals surface area contributed by atoms with Gasteiger partial charge in [0.2, 0.25) is 5.88 Å². The fourth-order valence-electron chi connectivity index (χ4n) is 1.82. The topological polar surface area (TPSA) is 72.3 Å². The van der Waals surface area contributed by atoms with E-state index in [2.05, 4.69) is 32.6 Å². The highest BCUT2D eigenvalue weighted by Gasteiger charge is 2.10.